The molecule has 1 amide bonds. The van der Waals surface area contributed by atoms with Gasteiger partial charge < -0.3 is 10.0 Å². The SMILES string of the molecule is CC(C)C(C)C(=O)N1CCN(S(=O)(=O)c2cc(C(=O)O)cs2)CC1. The number of rotatable bonds is 5. The quantitative estimate of drug-likeness (QED) is 0.844. The first kappa shape index (κ1) is 18.9. The number of carbonyl (C=O) groups is 2. The van der Waals surface area contributed by atoms with E-state index < -0.39 is 16.0 Å². The fourth-order valence-corrected chi connectivity index (χ4v) is 5.14. The largest absolute Gasteiger partial charge is 0.478 e. The van der Waals surface area contributed by atoms with E-state index in [4.69, 9.17) is 5.11 Å². The molecule has 1 aliphatic heterocycles. The number of piperazine rings is 1. The van der Waals surface area contributed by atoms with E-state index in [-0.39, 0.29) is 40.6 Å². The van der Waals surface area contributed by atoms with Gasteiger partial charge in [-0.25, -0.2) is 13.2 Å². The monoisotopic (exact) mass is 374 g/mol. The molecule has 1 N–H and O–H groups in total. The molecule has 0 spiro atoms. The van der Waals surface area contributed by atoms with Crippen molar-refractivity contribution in [2.45, 2.75) is 25.0 Å². The number of carboxylic acids is 1. The Morgan fingerprint density at radius 1 is 1.17 bits per heavy atom. The van der Waals surface area contributed by atoms with Crippen LogP contribution < -0.4 is 0 Å². The lowest BCUT2D eigenvalue weighted by Crippen LogP contribution is -2.51. The van der Waals surface area contributed by atoms with Crippen molar-refractivity contribution in [1.29, 1.82) is 0 Å². The number of hydrogen-bond donors (Lipinski definition) is 1. The average Bonchev–Trinajstić information content (AvgIpc) is 3.04. The molecule has 2 rings (SSSR count). The highest BCUT2D eigenvalue weighted by molar-refractivity contribution is 7.91. The zero-order valence-electron chi connectivity index (χ0n) is 13.9. The molecule has 1 saturated heterocycles. The third-order valence-corrected chi connectivity index (χ3v) is 7.67. The normalized spacial score (nSPS) is 17.9. The fraction of sp³-hybridized carbons (Fsp3) is 0.600. The summed E-state index contributed by atoms with van der Waals surface area (Å²) in [5.74, 6) is -0.958. The van der Waals surface area contributed by atoms with Crippen molar-refractivity contribution in [2.75, 3.05) is 26.2 Å². The van der Waals surface area contributed by atoms with E-state index in [0.717, 1.165) is 11.3 Å². The van der Waals surface area contributed by atoms with Crippen molar-refractivity contribution in [3.63, 3.8) is 0 Å². The molecule has 1 atom stereocenters. The van der Waals surface area contributed by atoms with Crippen molar-refractivity contribution >= 4 is 33.2 Å². The average molecular weight is 374 g/mol. The Balaban J connectivity index is 2.05. The molecule has 0 radical (unpaired) electrons. The Labute approximate surface area is 145 Å². The Bertz CT molecular complexity index is 718. The van der Waals surface area contributed by atoms with Gasteiger partial charge in [0.2, 0.25) is 5.91 Å². The van der Waals surface area contributed by atoms with Crippen LogP contribution in [0.25, 0.3) is 0 Å². The molecule has 0 bridgehead atoms. The van der Waals surface area contributed by atoms with Crippen LogP contribution in [0.3, 0.4) is 0 Å². The van der Waals surface area contributed by atoms with Gasteiger partial charge in [0.25, 0.3) is 10.0 Å². The summed E-state index contributed by atoms with van der Waals surface area (Å²) in [5, 5.41) is 10.2. The van der Waals surface area contributed by atoms with E-state index >= 15 is 0 Å². The third-order valence-electron chi connectivity index (χ3n) is 4.36. The molecule has 1 aromatic rings. The summed E-state index contributed by atoms with van der Waals surface area (Å²) >= 11 is 0.903. The lowest BCUT2D eigenvalue weighted by molar-refractivity contribution is -0.137. The topological polar surface area (TPSA) is 95.0 Å². The molecule has 24 heavy (non-hydrogen) atoms. The Hall–Kier alpha value is -1.45. The summed E-state index contributed by atoms with van der Waals surface area (Å²) in [4.78, 5) is 24.9. The van der Waals surface area contributed by atoms with E-state index in [2.05, 4.69) is 0 Å². The predicted molar refractivity (Wildman–Crippen MR) is 90.6 cm³/mol. The summed E-state index contributed by atoms with van der Waals surface area (Å²) in [7, 11) is -3.71. The Morgan fingerprint density at radius 3 is 2.21 bits per heavy atom. The standard InChI is InChI=1S/C15H22N2O5S2/c1-10(2)11(3)14(18)16-4-6-17(7-5-16)24(21,22)13-8-12(9-23-13)15(19)20/h8-11H,4-7H2,1-3H3,(H,19,20). The van der Waals surface area contributed by atoms with Crippen LogP contribution in [-0.2, 0) is 14.8 Å². The lowest BCUT2D eigenvalue weighted by atomic mass is 9.96. The highest BCUT2D eigenvalue weighted by atomic mass is 32.2. The van der Waals surface area contributed by atoms with Gasteiger partial charge in [-0.1, -0.05) is 20.8 Å². The van der Waals surface area contributed by atoms with Gasteiger partial charge in [-0.15, -0.1) is 11.3 Å². The second kappa shape index (κ2) is 7.20. The van der Waals surface area contributed by atoms with E-state index in [0.29, 0.717) is 13.1 Å². The molecule has 9 heteroatoms. The van der Waals surface area contributed by atoms with Crippen LogP contribution in [0.5, 0.6) is 0 Å². The second-order valence-corrected chi connectivity index (χ2v) is 9.30. The summed E-state index contributed by atoms with van der Waals surface area (Å²) in [6, 6.07) is 1.18. The maximum absolute atomic E-state index is 12.6. The van der Waals surface area contributed by atoms with Gasteiger partial charge >= 0.3 is 5.97 Å². The number of carboxylic acid groups (broad SMARTS) is 1. The number of sulfonamides is 1. The van der Waals surface area contributed by atoms with Crippen LogP contribution in [0.1, 0.15) is 31.1 Å². The third kappa shape index (κ3) is 3.79. The van der Waals surface area contributed by atoms with E-state index in [1.165, 1.54) is 15.8 Å². The molecule has 7 nitrogen and oxygen atoms in total. The number of amides is 1. The number of hydrogen-bond acceptors (Lipinski definition) is 5. The highest BCUT2D eigenvalue weighted by Gasteiger charge is 2.33. The molecule has 0 aliphatic carbocycles. The zero-order valence-corrected chi connectivity index (χ0v) is 15.6. The molecule has 134 valence electrons. The van der Waals surface area contributed by atoms with Gasteiger partial charge in [0, 0.05) is 37.5 Å². The van der Waals surface area contributed by atoms with Crippen molar-refractivity contribution in [3.05, 3.63) is 17.0 Å². The minimum Gasteiger partial charge on any atom is -0.478 e. The summed E-state index contributed by atoms with van der Waals surface area (Å²) < 4.78 is 26.5. The van der Waals surface area contributed by atoms with Crippen LogP contribution in [0.4, 0.5) is 0 Å². The first-order valence-corrected chi connectivity index (χ1v) is 10.1. The van der Waals surface area contributed by atoms with Gasteiger partial charge in [0.05, 0.1) is 5.56 Å². The van der Waals surface area contributed by atoms with Gasteiger partial charge in [-0.3, -0.25) is 4.79 Å². The van der Waals surface area contributed by atoms with Crippen LogP contribution in [0.15, 0.2) is 15.7 Å². The molecule has 1 aliphatic rings. The van der Waals surface area contributed by atoms with Gasteiger partial charge in [0.15, 0.2) is 0 Å². The van der Waals surface area contributed by atoms with Crippen LogP contribution in [0.2, 0.25) is 0 Å². The van der Waals surface area contributed by atoms with Gasteiger partial charge in [-0.05, 0) is 12.0 Å². The van der Waals surface area contributed by atoms with Crippen LogP contribution in [0, 0.1) is 11.8 Å². The van der Waals surface area contributed by atoms with E-state index in [1.807, 2.05) is 20.8 Å². The second-order valence-electron chi connectivity index (χ2n) is 6.22. The van der Waals surface area contributed by atoms with Crippen molar-refractivity contribution < 1.29 is 23.1 Å². The summed E-state index contributed by atoms with van der Waals surface area (Å²) in [5.41, 5.74) is -0.0295. The first-order valence-electron chi connectivity index (χ1n) is 7.75. The Kier molecular flexibility index (Phi) is 5.67. The molecule has 1 aromatic heterocycles. The number of carbonyl (C=O) groups excluding carboxylic acids is 1. The summed E-state index contributed by atoms with van der Waals surface area (Å²) in [6.07, 6.45) is 0. The molecular formula is C15H22N2O5S2. The smallest absolute Gasteiger partial charge is 0.336 e. The number of aromatic carboxylic acids is 1. The molecule has 2 heterocycles. The lowest BCUT2D eigenvalue weighted by Gasteiger charge is -2.35. The molecule has 0 aromatic carbocycles. The maximum atomic E-state index is 12.6. The summed E-state index contributed by atoms with van der Waals surface area (Å²) in [6.45, 7) is 7.01. The molecule has 0 saturated carbocycles. The Morgan fingerprint density at radius 2 is 1.75 bits per heavy atom. The van der Waals surface area contributed by atoms with E-state index in [9.17, 15) is 18.0 Å². The first-order chi connectivity index (χ1) is 11.1. The number of thiophene rings is 1. The van der Waals surface area contributed by atoms with Crippen molar-refractivity contribution in [3.8, 4) is 0 Å². The molecule has 1 fully saturated rings. The fourth-order valence-electron chi connectivity index (χ4n) is 2.41. The van der Waals surface area contributed by atoms with Crippen molar-refractivity contribution in [1.82, 2.24) is 9.21 Å². The predicted octanol–water partition coefficient (Wildman–Crippen LogP) is 1.57. The maximum Gasteiger partial charge on any atom is 0.336 e. The minimum atomic E-state index is -3.71. The minimum absolute atomic E-state index is 0.0234. The van der Waals surface area contributed by atoms with Gasteiger partial charge in [0.1, 0.15) is 4.21 Å². The van der Waals surface area contributed by atoms with Gasteiger partial charge in [-0.2, -0.15) is 4.31 Å². The molecule has 1 unspecified atom stereocenters. The molecular weight excluding hydrogens is 352 g/mol. The van der Waals surface area contributed by atoms with Crippen LogP contribution in [-0.4, -0.2) is 60.8 Å². The highest BCUT2D eigenvalue weighted by Crippen LogP contribution is 2.25. The van der Waals surface area contributed by atoms with Crippen molar-refractivity contribution in [2.24, 2.45) is 11.8 Å². The van der Waals surface area contributed by atoms with E-state index in [1.54, 1.807) is 4.90 Å². The number of nitrogens with zero attached hydrogens (tertiary/aromatic N) is 2. The zero-order chi connectivity index (χ0) is 18.1. The van der Waals surface area contributed by atoms with Crippen LogP contribution >= 0.6 is 11.3 Å².